The van der Waals surface area contributed by atoms with Crippen molar-refractivity contribution in [3.63, 3.8) is 0 Å². The second-order valence-corrected chi connectivity index (χ2v) is 10.4. The molecule has 2 fully saturated rings. The van der Waals surface area contributed by atoms with E-state index >= 15 is 0 Å². The van der Waals surface area contributed by atoms with Crippen LogP contribution in [0.1, 0.15) is 42.8 Å². The smallest absolute Gasteiger partial charge is 0.269 e. The first-order valence-corrected chi connectivity index (χ1v) is 13.8. The van der Waals surface area contributed by atoms with Crippen molar-refractivity contribution in [3.8, 4) is 0 Å². The lowest BCUT2D eigenvalue weighted by molar-refractivity contribution is -0.384. The van der Waals surface area contributed by atoms with Crippen LogP contribution in [-0.2, 0) is 17.7 Å². The number of rotatable bonds is 8. The van der Waals surface area contributed by atoms with Crippen molar-refractivity contribution in [2.75, 3.05) is 37.7 Å². The standard InChI is InChI=1S/C28H32N8O4/c1-2-19-5-10-25-20(16-19)17-24(28(37)29-25)26(27-30-31-32-35(27)18-23-4-3-15-40-23)34-13-11-33(12-14-34)21-6-8-22(9-7-21)36(38)39/h5-10,16-17,23,26H,2-4,11-15,18H2,1H3,(H,29,37)/t23-,26+/m0/s1. The number of aromatic nitrogens is 5. The summed E-state index contributed by atoms with van der Waals surface area (Å²) in [5.74, 6) is 0.621. The molecule has 1 N–H and O–H groups in total. The lowest BCUT2D eigenvalue weighted by atomic mass is 10.0. The first kappa shape index (κ1) is 26.1. The molecule has 0 saturated carbocycles. The van der Waals surface area contributed by atoms with E-state index in [2.05, 4.69) is 43.3 Å². The third-order valence-corrected chi connectivity index (χ3v) is 7.95. The molecule has 40 heavy (non-hydrogen) atoms. The number of piperazine rings is 1. The molecule has 2 atom stereocenters. The predicted octanol–water partition coefficient (Wildman–Crippen LogP) is 3.08. The van der Waals surface area contributed by atoms with E-state index in [-0.39, 0.29) is 17.4 Å². The first-order chi connectivity index (χ1) is 19.5. The molecule has 0 aliphatic carbocycles. The topological polar surface area (TPSA) is 135 Å². The highest BCUT2D eigenvalue weighted by Gasteiger charge is 2.33. The average molecular weight is 545 g/mol. The third-order valence-electron chi connectivity index (χ3n) is 7.95. The van der Waals surface area contributed by atoms with Gasteiger partial charge in [-0.3, -0.25) is 19.8 Å². The molecule has 0 bridgehead atoms. The van der Waals surface area contributed by atoms with Gasteiger partial charge in [0, 0.05) is 61.7 Å². The fraction of sp³-hybridized carbons (Fsp3) is 0.429. The van der Waals surface area contributed by atoms with E-state index in [0.29, 0.717) is 44.1 Å². The van der Waals surface area contributed by atoms with E-state index < -0.39 is 11.0 Å². The molecule has 6 rings (SSSR count). The van der Waals surface area contributed by atoms with Crippen LogP contribution in [-0.4, -0.2) is 73.9 Å². The Labute approximate surface area is 230 Å². The number of nitrogens with one attached hydrogen (secondary N) is 1. The zero-order valence-electron chi connectivity index (χ0n) is 22.4. The number of aryl methyl sites for hydroxylation is 1. The van der Waals surface area contributed by atoms with E-state index in [1.807, 2.05) is 18.2 Å². The summed E-state index contributed by atoms with van der Waals surface area (Å²) in [5.41, 5.74) is 3.44. The van der Waals surface area contributed by atoms with Crippen LogP contribution in [0.5, 0.6) is 0 Å². The van der Waals surface area contributed by atoms with Gasteiger partial charge in [-0.15, -0.1) is 5.10 Å². The summed E-state index contributed by atoms with van der Waals surface area (Å²) in [7, 11) is 0. The molecular formula is C28H32N8O4. The lowest BCUT2D eigenvalue weighted by Gasteiger charge is -2.39. The van der Waals surface area contributed by atoms with Crippen molar-refractivity contribution < 1.29 is 9.66 Å². The summed E-state index contributed by atoms with van der Waals surface area (Å²) in [6.07, 6.45) is 2.91. The number of ether oxygens (including phenoxy) is 1. The van der Waals surface area contributed by atoms with Crippen LogP contribution >= 0.6 is 0 Å². The first-order valence-electron chi connectivity index (χ1n) is 13.8. The number of fused-ring (bicyclic) bond motifs is 1. The zero-order valence-corrected chi connectivity index (χ0v) is 22.4. The van der Waals surface area contributed by atoms with Gasteiger partial charge >= 0.3 is 0 Å². The van der Waals surface area contributed by atoms with E-state index in [9.17, 15) is 14.9 Å². The highest BCUT2D eigenvalue weighted by molar-refractivity contribution is 5.80. The fourth-order valence-electron chi connectivity index (χ4n) is 5.74. The summed E-state index contributed by atoms with van der Waals surface area (Å²) in [6, 6.07) is 14.3. The number of nitro groups is 1. The molecule has 0 unspecified atom stereocenters. The Morgan fingerprint density at radius 3 is 2.62 bits per heavy atom. The van der Waals surface area contributed by atoms with Gasteiger partial charge in [-0.05, 0) is 71.0 Å². The molecular weight excluding hydrogens is 512 g/mol. The van der Waals surface area contributed by atoms with Gasteiger partial charge in [0.1, 0.15) is 6.04 Å². The quantitative estimate of drug-likeness (QED) is 0.262. The molecule has 4 aromatic rings. The number of aromatic amines is 1. The largest absolute Gasteiger partial charge is 0.376 e. The van der Waals surface area contributed by atoms with Crippen molar-refractivity contribution >= 4 is 22.3 Å². The maximum Gasteiger partial charge on any atom is 0.269 e. The van der Waals surface area contributed by atoms with Crippen LogP contribution in [0.3, 0.4) is 0 Å². The van der Waals surface area contributed by atoms with Crippen molar-refractivity contribution in [1.29, 1.82) is 0 Å². The minimum absolute atomic E-state index is 0.0453. The number of pyridine rings is 1. The molecule has 4 heterocycles. The van der Waals surface area contributed by atoms with Gasteiger partial charge in [-0.2, -0.15) is 0 Å². The van der Waals surface area contributed by atoms with Crippen molar-refractivity contribution in [2.45, 2.75) is 44.9 Å². The van der Waals surface area contributed by atoms with Gasteiger partial charge < -0.3 is 14.6 Å². The van der Waals surface area contributed by atoms with E-state index in [0.717, 1.165) is 42.5 Å². The number of anilines is 1. The molecule has 0 radical (unpaired) electrons. The molecule has 0 spiro atoms. The maximum atomic E-state index is 13.5. The van der Waals surface area contributed by atoms with Crippen LogP contribution in [0.15, 0.2) is 53.3 Å². The Bertz CT molecular complexity index is 1550. The monoisotopic (exact) mass is 544 g/mol. The number of hydrogen-bond acceptors (Lipinski definition) is 9. The van der Waals surface area contributed by atoms with Crippen LogP contribution in [0.25, 0.3) is 10.9 Å². The van der Waals surface area contributed by atoms with Gasteiger partial charge in [0.25, 0.3) is 11.2 Å². The van der Waals surface area contributed by atoms with Gasteiger partial charge in [-0.25, -0.2) is 4.68 Å². The summed E-state index contributed by atoms with van der Waals surface area (Å²) < 4.78 is 7.65. The highest BCUT2D eigenvalue weighted by Crippen LogP contribution is 2.30. The summed E-state index contributed by atoms with van der Waals surface area (Å²) in [6.45, 7) is 6.07. The number of H-pyrrole nitrogens is 1. The zero-order chi connectivity index (χ0) is 27.6. The van der Waals surface area contributed by atoms with Gasteiger partial charge in [-0.1, -0.05) is 13.0 Å². The molecule has 2 aliphatic heterocycles. The number of hydrogen-bond donors (Lipinski definition) is 1. The molecule has 2 saturated heterocycles. The molecule has 2 aromatic carbocycles. The Kier molecular flexibility index (Phi) is 7.27. The minimum Gasteiger partial charge on any atom is -0.376 e. The summed E-state index contributed by atoms with van der Waals surface area (Å²) in [4.78, 5) is 31.8. The summed E-state index contributed by atoms with van der Waals surface area (Å²) >= 11 is 0. The van der Waals surface area contributed by atoms with Crippen LogP contribution in [0.2, 0.25) is 0 Å². The Morgan fingerprint density at radius 1 is 1.12 bits per heavy atom. The van der Waals surface area contributed by atoms with Crippen molar-refractivity contribution in [1.82, 2.24) is 30.1 Å². The number of benzene rings is 2. The summed E-state index contributed by atoms with van der Waals surface area (Å²) in [5, 5.41) is 24.8. The lowest BCUT2D eigenvalue weighted by Crippen LogP contribution is -2.49. The van der Waals surface area contributed by atoms with Crippen molar-refractivity contribution in [3.05, 3.63) is 86.0 Å². The SMILES string of the molecule is CCc1ccc2[nH]c(=O)c([C@H](c3nnnn3C[C@@H]3CCCO3)N3CCN(c4ccc([N+](=O)[O-])cc4)CC3)cc2c1. The van der Waals surface area contributed by atoms with Gasteiger partial charge in [0.2, 0.25) is 0 Å². The maximum absolute atomic E-state index is 13.5. The molecule has 208 valence electrons. The second kappa shape index (κ2) is 11.1. The number of nitrogens with zero attached hydrogens (tertiary/aromatic N) is 7. The Hall–Kier alpha value is -4.16. The molecule has 2 aliphatic rings. The minimum atomic E-state index is -0.450. The van der Waals surface area contributed by atoms with Crippen molar-refractivity contribution in [2.24, 2.45) is 0 Å². The number of nitro benzene ring substituents is 1. The Balaban J connectivity index is 1.34. The van der Waals surface area contributed by atoms with Gasteiger partial charge in [0.05, 0.1) is 17.6 Å². The van der Waals surface area contributed by atoms with E-state index in [1.54, 1.807) is 16.8 Å². The molecule has 12 nitrogen and oxygen atoms in total. The van der Waals surface area contributed by atoms with E-state index in [4.69, 9.17) is 4.74 Å². The van der Waals surface area contributed by atoms with E-state index in [1.165, 1.54) is 17.7 Å². The molecule has 12 heteroatoms. The van der Waals surface area contributed by atoms with Crippen LogP contribution in [0.4, 0.5) is 11.4 Å². The average Bonchev–Trinajstić information content (AvgIpc) is 3.66. The fourth-order valence-corrected chi connectivity index (χ4v) is 5.74. The Morgan fingerprint density at radius 2 is 1.93 bits per heavy atom. The normalized spacial score (nSPS) is 18.8. The third kappa shape index (κ3) is 5.19. The molecule has 0 amide bonds. The predicted molar refractivity (Wildman–Crippen MR) is 149 cm³/mol. The van der Waals surface area contributed by atoms with Gasteiger partial charge in [0.15, 0.2) is 5.82 Å². The highest BCUT2D eigenvalue weighted by atomic mass is 16.6. The van der Waals surface area contributed by atoms with Crippen LogP contribution in [0, 0.1) is 10.1 Å². The van der Waals surface area contributed by atoms with Crippen LogP contribution < -0.4 is 10.5 Å². The molecule has 2 aromatic heterocycles. The number of non-ortho nitro benzene ring substituents is 1. The second-order valence-electron chi connectivity index (χ2n) is 10.4. The number of tetrazole rings is 1.